The number of nitrogens with zero attached hydrogens (tertiary/aromatic N) is 1. The van der Waals surface area contributed by atoms with Crippen LogP contribution in [0.1, 0.15) is 92.4 Å². The minimum absolute atomic E-state index is 0.0478. The van der Waals surface area contributed by atoms with Gasteiger partial charge in [0, 0.05) is 19.5 Å². The lowest BCUT2D eigenvalue weighted by atomic mass is 9.88. The van der Waals surface area contributed by atoms with Gasteiger partial charge in [-0.15, -0.1) is 0 Å². The highest BCUT2D eigenvalue weighted by Crippen LogP contribution is 2.22. The van der Waals surface area contributed by atoms with E-state index in [4.69, 9.17) is 11.1 Å². The number of nitrogens with one attached hydrogen (secondary N) is 3. The molecule has 2 amide bonds. The Morgan fingerprint density at radius 2 is 1.57 bits per heavy atom. The van der Waals surface area contributed by atoms with Crippen molar-refractivity contribution in [2.75, 3.05) is 13.6 Å². The molecule has 0 aromatic rings. The third kappa shape index (κ3) is 14.8. The molecule has 6 N–H and O–H groups in total. The fourth-order valence-corrected chi connectivity index (χ4v) is 3.88. The van der Waals surface area contributed by atoms with E-state index in [0.717, 1.165) is 32.0 Å². The SMILES string of the molecule is CCC(C)C[C@@H](CCCC(C)O)C(=O)N[C@H](CC(C)CC)C(=O)N[C@H](C=O)CCCN(C)C(=N)N. The smallest absolute Gasteiger partial charge is 0.243 e. The zero-order chi connectivity index (χ0) is 27.0. The molecule has 0 aliphatic rings. The van der Waals surface area contributed by atoms with Crippen molar-refractivity contribution >= 4 is 24.1 Å². The molecule has 0 fully saturated rings. The van der Waals surface area contributed by atoms with Gasteiger partial charge >= 0.3 is 0 Å². The monoisotopic (exact) mass is 497 g/mol. The summed E-state index contributed by atoms with van der Waals surface area (Å²) in [6.07, 6.45) is 6.45. The van der Waals surface area contributed by atoms with Gasteiger partial charge in [0.25, 0.3) is 0 Å². The van der Waals surface area contributed by atoms with Crippen LogP contribution in [0.15, 0.2) is 0 Å². The predicted molar refractivity (Wildman–Crippen MR) is 141 cm³/mol. The van der Waals surface area contributed by atoms with Crippen molar-refractivity contribution in [2.24, 2.45) is 23.5 Å². The summed E-state index contributed by atoms with van der Waals surface area (Å²) in [5.41, 5.74) is 5.44. The van der Waals surface area contributed by atoms with E-state index in [0.29, 0.717) is 44.6 Å². The summed E-state index contributed by atoms with van der Waals surface area (Å²) in [7, 11) is 1.70. The van der Waals surface area contributed by atoms with Gasteiger partial charge in [0.05, 0.1) is 12.1 Å². The van der Waals surface area contributed by atoms with Crippen molar-refractivity contribution in [2.45, 2.75) is 111 Å². The van der Waals surface area contributed by atoms with Crippen molar-refractivity contribution in [3.8, 4) is 0 Å². The molecular weight excluding hydrogens is 446 g/mol. The van der Waals surface area contributed by atoms with Crippen molar-refractivity contribution in [3.05, 3.63) is 0 Å². The molecule has 35 heavy (non-hydrogen) atoms. The maximum atomic E-state index is 13.3. The molecule has 0 heterocycles. The maximum Gasteiger partial charge on any atom is 0.243 e. The van der Waals surface area contributed by atoms with Gasteiger partial charge in [-0.25, -0.2) is 0 Å². The summed E-state index contributed by atoms with van der Waals surface area (Å²) in [6.45, 7) is 10.6. The highest BCUT2D eigenvalue weighted by molar-refractivity contribution is 5.89. The van der Waals surface area contributed by atoms with Gasteiger partial charge in [0.15, 0.2) is 5.96 Å². The first kappa shape index (κ1) is 32.8. The van der Waals surface area contributed by atoms with Gasteiger partial charge in [0.2, 0.25) is 11.8 Å². The zero-order valence-electron chi connectivity index (χ0n) is 22.8. The van der Waals surface area contributed by atoms with E-state index in [1.807, 2.05) is 13.8 Å². The highest BCUT2D eigenvalue weighted by atomic mass is 16.3. The zero-order valence-corrected chi connectivity index (χ0v) is 22.8. The van der Waals surface area contributed by atoms with Crippen LogP contribution in [0.25, 0.3) is 0 Å². The number of rotatable bonds is 19. The molecule has 0 aromatic heterocycles. The summed E-state index contributed by atoms with van der Waals surface area (Å²) >= 11 is 0. The molecular formula is C26H51N5O4. The molecule has 0 saturated heterocycles. The van der Waals surface area contributed by atoms with E-state index >= 15 is 0 Å². The molecule has 0 aliphatic carbocycles. The van der Waals surface area contributed by atoms with Crippen LogP contribution in [0, 0.1) is 23.2 Å². The Morgan fingerprint density at radius 3 is 2.09 bits per heavy atom. The van der Waals surface area contributed by atoms with Crippen LogP contribution in [-0.2, 0) is 14.4 Å². The van der Waals surface area contributed by atoms with Gasteiger partial charge in [-0.3, -0.25) is 15.0 Å². The second-order valence-electron chi connectivity index (χ2n) is 10.2. The number of amides is 2. The number of hydrogen-bond acceptors (Lipinski definition) is 5. The first-order valence-corrected chi connectivity index (χ1v) is 13.2. The van der Waals surface area contributed by atoms with Gasteiger partial charge in [-0.2, -0.15) is 0 Å². The summed E-state index contributed by atoms with van der Waals surface area (Å²) in [4.78, 5) is 39.6. The molecule has 6 atom stereocenters. The predicted octanol–water partition coefficient (Wildman–Crippen LogP) is 2.80. The molecule has 9 heteroatoms. The van der Waals surface area contributed by atoms with E-state index in [-0.39, 0.29) is 29.6 Å². The number of aliphatic hydroxyl groups excluding tert-OH is 1. The number of nitrogens with two attached hydrogens (primary N) is 1. The first-order valence-electron chi connectivity index (χ1n) is 13.2. The van der Waals surface area contributed by atoms with Gasteiger partial charge in [-0.05, 0) is 57.3 Å². The normalized spacial score (nSPS) is 16.3. The first-order chi connectivity index (χ1) is 16.4. The minimum atomic E-state index is -0.712. The number of carbonyl (C=O) groups is 3. The second kappa shape index (κ2) is 18.2. The number of aliphatic hydroxyl groups is 1. The Morgan fingerprint density at radius 1 is 0.971 bits per heavy atom. The van der Waals surface area contributed by atoms with Crippen LogP contribution >= 0.6 is 0 Å². The van der Waals surface area contributed by atoms with Crippen LogP contribution in [0.5, 0.6) is 0 Å². The Balaban J connectivity index is 5.29. The Kier molecular flexibility index (Phi) is 17.0. The quantitative estimate of drug-likeness (QED) is 0.105. The minimum Gasteiger partial charge on any atom is -0.393 e. The Hall–Kier alpha value is -2.16. The van der Waals surface area contributed by atoms with Crippen LogP contribution in [-0.4, -0.2) is 65.8 Å². The average Bonchev–Trinajstić information content (AvgIpc) is 2.81. The molecule has 9 nitrogen and oxygen atoms in total. The van der Waals surface area contributed by atoms with Crippen molar-refractivity contribution < 1.29 is 19.5 Å². The van der Waals surface area contributed by atoms with Crippen LogP contribution in [0.3, 0.4) is 0 Å². The number of guanidine groups is 1. The topological polar surface area (TPSA) is 149 Å². The van der Waals surface area contributed by atoms with Gasteiger partial charge in [0.1, 0.15) is 12.3 Å². The van der Waals surface area contributed by atoms with Gasteiger partial charge < -0.3 is 31.2 Å². The maximum absolute atomic E-state index is 13.3. The Labute approximate surface area is 212 Å². The standard InChI is InChI=1S/C26H51N5O4/c1-7-18(3)15-21(12-9-11-20(5)33)24(34)30-23(16-19(4)8-2)25(35)29-22(17-32)13-10-14-31(6)26(27)28/h17-23,33H,7-16H2,1-6H3,(H3,27,28)(H,29,35)(H,30,34)/t18?,19?,20?,21-,22+,23-/m1/s1. The van der Waals surface area contributed by atoms with Crippen LogP contribution < -0.4 is 16.4 Å². The summed E-state index contributed by atoms with van der Waals surface area (Å²) < 4.78 is 0. The molecule has 3 unspecified atom stereocenters. The molecule has 0 radical (unpaired) electrons. The fraction of sp³-hybridized carbons (Fsp3) is 0.846. The third-order valence-corrected chi connectivity index (χ3v) is 6.81. The Bertz CT molecular complexity index is 643. The third-order valence-electron chi connectivity index (χ3n) is 6.81. The van der Waals surface area contributed by atoms with E-state index in [9.17, 15) is 19.5 Å². The number of carbonyl (C=O) groups excluding carboxylic acids is 3. The molecule has 0 aliphatic heterocycles. The summed E-state index contributed by atoms with van der Waals surface area (Å²) in [6, 6.07) is -1.38. The van der Waals surface area contributed by atoms with E-state index in [2.05, 4.69) is 24.5 Å². The van der Waals surface area contributed by atoms with Crippen LogP contribution in [0.2, 0.25) is 0 Å². The number of aldehydes is 1. The van der Waals surface area contributed by atoms with Crippen molar-refractivity contribution in [1.82, 2.24) is 15.5 Å². The lowest BCUT2D eigenvalue weighted by Crippen LogP contribution is -2.52. The molecule has 204 valence electrons. The van der Waals surface area contributed by atoms with E-state index < -0.39 is 18.2 Å². The summed E-state index contributed by atoms with van der Waals surface area (Å²) in [5, 5.41) is 22.8. The fourth-order valence-electron chi connectivity index (χ4n) is 3.88. The molecule has 0 saturated carbocycles. The van der Waals surface area contributed by atoms with Crippen LogP contribution in [0.4, 0.5) is 0 Å². The lowest BCUT2D eigenvalue weighted by molar-refractivity contribution is -0.132. The molecule has 0 spiro atoms. The van der Waals surface area contributed by atoms with Crippen molar-refractivity contribution in [1.29, 1.82) is 5.41 Å². The van der Waals surface area contributed by atoms with E-state index in [1.54, 1.807) is 18.9 Å². The van der Waals surface area contributed by atoms with Gasteiger partial charge in [-0.1, -0.05) is 47.0 Å². The molecule has 0 bridgehead atoms. The highest BCUT2D eigenvalue weighted by Gasteiger charge is 2.28. The lowest BCUT2D eigenvalue weighted by Gasteiger charge is -2.26. The average molecular weight is 498 g/mol. The summed E-state index contributed by atoms with van der Waals surface area (Å²) in [5.74, 6) is -0.139. The van der Waals surface area contributed by atoms with E-state index in [1.165, 1.54) is 0 Å². The second-order valence-corrected chi connectivity index (χ2v) is 10.2. The molecule has 0 rings (SSSR count). The molecule has 0 aromatic carbocycles. The number of hydrogen-bond donors (Lipinski definition) is 5. The van der Waals surface area contributed by atoms with Crippen molar-refractivity contribution in [3.63, 3.8) is 0 Å². The largest absolute Gasteiger partial charge is 0.393 e.